The molecule has 0 bridgehead atoms. The van der Waals surface area contributed by atoms with E-state index in [0.717, 1.165) is 6.42 Å². The lowest BCUT2D eigenvalue weighted by Crippen LogP contribution is -2.13. The van der Waals surface area contributed by atoms with Crippen LogP contribution < -0.4 is 5.32 Å². The Balaban J connectivity index is 3.49. The molecule has 0 spiro atoms. The van der Waals surface area contributed by atoms with Crippen molar-refractivity contribution in [1.82, 2.24) is 5.32 Å². The van der Waals surface area contributed by atoms with Gasteiger partial charge >= 0.3 is 0 Å². The summed E-state index contributed by atoms with van der Waals surface area (Å²) < 4.78 is 0. The van der Waals surface area contributed by atoms with Crippen LogP contribution in [-0.2, 0) is 4.79 Å². The summed E-state index contributed by atoms with van der Waals surface area (Å²) in [5.41, 5.74) is 0. The van der Waals surface area contributed by atoms with Crippen LogP contribution in [0.2, 0.25) is 0 Å². The van der Waals surface area contributed by atoms with Crippen LogP contribution in [0.1, 0.15) is 13.3 Å². The van der Waals surface area contributed by atoms with Crippen molar-refractivity contribution in [1.29, 1.82) is 0 Å². The first-order valence-corrected chi connectivity index (χ1v) is 2.71. The zero-order valence-electron chi connectivity index (χ0n) is 5.40. The van der Waals surface area contributed by atoms with Crippen molar-refractivity contribution in [2.24, 2.45) is 0 Å². The molecule has 0 aliphatic rings. The van der Waals surface area contributed by atoms with Gasteiger partial charge in [0.05, 0.1) is 0 Å². The second kappa shape index (κ2) is 4.92. The Bertz CT molecular complexity index is 161. The minimum atomic E-state index is -0.254. The summed E-state index contributed by atoms with van der Waals surface area (Å²) >= 11 is 0. The summed E-state index contributed by atoms with van der Waals surface area (Å²) in [6, 6.07) is 2.46. The molecule has 48 valence electrons. The fourth-order valence-electron chi connectivity index (χ4n) is 0.245. The van der Waals surface area contributed by atoms with Gasteiger partial charge in [0.2, 0.25) is 0 Å². The summed E-state index contributed by atoms with van der Waals surface area (Å²) in [5.74, 6) is 2.43. The summed E-state index contributed by atoms with van der Waals surface area (Å²) in [6.07, 6.45) is 1.93. The van der Waals surface area contributed by atoms with Gasteiger partial charge in [0.25, 0.3) is 5.91 Å². The molecule has 0 radical (unpaired) electrons. The Kier molecular flexibility index (Phi) is 4.25. The Labute approximate surface area is 54.9 Å². The van der Waals surface area contributed by atoms with Crippen LogP contribution >= 0.6 is 0 Å². The Morgan fingerprint density at radius 1 is 1.89 bits per heavy atom. The van der Waals surface area contributed by atoms with Crippen LogP contribution in [0.15, 0.2) is 12.7 Å². The largest absolute Gasteiger partial charge is 0.282 e. The molecule has 0 aliphatic heterocycles. The van der Waals surface area contributed by atoms with Crippen LogP contribution in [0, 0.1) is 12.0 Å². The van der Waals surface area contributed by atoms with Gasteiger partial charge in [-0.25, -0.2) is 0 Å². The molecule has 0 aromatic carbocycles. The molecule has 0 rings (SSSR count). The fraction of sp³-hybridized carbons (Fsp3) is 0.286. The van der Waals surface area contributed by atoms with E-state index in [1.54, 1.807) is 0 Å². The molecule has 0 aromatic rings. The number of rotatable bonds is 1. The quantitative estimate of drug-likeness (QED) is 0.310. The van der Waals surface area contributed by atoms with Gasteiger partial charge in [-0.15, -0.1) is 0 Å². The lowest BCUT2D eigenvalue weighted by atomic mass is 10.5. The van der Waals surface area contributed by atoms with Gasteiger partial charge < -0.3 is 0 Å². The van der Waals surface area contributed by atoms with Crippen molar-refractivity contribution >= 4 is 5.91 Å². The molecule has 9 heavy (non-hydrogen) atoms. The fourth-order valence-corrected chi connectivity index (χ4v) is 0.245. The Hall–Kier alpha value is -1.23. The zero-order valence-corrected chi connectivity index (χ0v) is 5.40. The maximum atomic E-state index is 10.4. The van der Waals surface area contributed by atoms with E-state index in [-0.39, 0.29) is 5.91 Å². The smallest absolute Gasteiger partial charge is 0.254 e. The zero-order chi connectivity index (χ0) is 7.11. The van der Waals surface area contributed by atoms with Gasteiger partial charge in [0.1, 0.15) is 0 Å². The summed E-state index contributed by atoms with van der Waals surface area (Å²) in [5, 5.41) is 2.32. The number of amides is 1. The highest BCUT2D eigenvalue weighted by Gasteiger charge is 1.83. The van der Waals surface area contributed by atoms with E-state index < -0.39 is 0 Å². The molecule has 0 heterocycles. The van der Waals surface area contributed by atoms with Crippen LogP contribution in [0.5, 0.6) is 0 Å². The van der Waals surface area contributed by atoms with Crippen molar-refractivity contribution in [2.45, 2.75) is 13.3 Å². The van der Waals surface area contributed by atoms with E-state index in [9.17, 15) is 4.79 Å². The first kappa shape index (κ1) is 7.77. The molecular formula is C7H9NO. The van der Waals surface area contributed by atoms with Gasteiger partial charge in [-0.05, 0) is 6.08 Å². The van der Waals surface area contributed by atoms with E-state index in [0.29, 0.717) is 0 Å². The normalized spacial score (nSPS) is 6.78. The predicted octanol–water partition coefficient (Wildman–Crippen LogP) is 0.659. The lowest BCUT2D eigenvalue weighted by Gasteiger charge is -1.83. The highest BCUT2D eigenvalue weighted by Crippen LogP contribution is 1.65. The standard InChI is InChI=1S/C7H9NO/c1-3-5-6-8-7(9)4-2/h4H,2-3H2,1H3,(H,8,9). The monoisotopic (exact) mass is 123 g/mol. The molecule has 0 saturated heterocycles. The van der Waals surface area contributed by atoms with Crippen molar-refractivity contribution in [2.75, 3.05) is 0 Å². The summed E-state index contributed by atoms with van der Waals surface area (Å²) in [6.45, 7) is 5.17. The maximum Gasteiger partial charge on any atom is 0.254 e. The van der Waals surface area contributed by atoms with Crippen LogP contribution in [0.4, 0.5) is 0 Å². The third-order valence-corrected chi connectivity index (χ3v) is 0.636. The minimum absolute atomic E-state index is 0.254. The maximum absolute atomic E-state index is 10.4. The number of hydrogen-bond donors (Lipinski definition) is 1. The molecule has 1 amide bonds. The molecule has 0 unspecified atom stereocenters. The predicted molar refractivity (Wildman–Crippen MR) is 36.4 cm³/mol. The third-order valence-electron chi connectivity index (χ3n) is 0.636. The molecular weight excluding hydrogens is 114 g/mol. The van der Waals surface area contributed by atoms with Gasteiger partial charge in [-0.2, -0.15) is 0 Å². The van der Waals surface area contributed by atoms with Crippen LogP contribution in [0.25, 0.3) is 0 Å². The topological polar surface area (TPSA) is 29.1 Å². The van der Waals surface area contributed by atoms with E-state index in [1.807, 2.05) is 6.92 Å². The molecule has 2 heteroatoms. The molecule has 0 fully saturated rings. The first-order chi connectivity index (χ1) is 4.31. The van der Waals surface area contributed by atoms with Crippen LogP contribution in [-0.4, -0.2) is 5.91 Å². The molecule has 0 atom stereocenters. The van der Waals surface area contributed by atoms with Gasteiger partial charge in [0, 0.05) is 12.5 Å². The Morgan fingerprint density at radius 2 is 2.56 bits per heavy atom. The number of carbonyl (C=O) groups excluding carboxylic acids is 1. The SMILES string of the molecule is C=CC(=O)NC#CCC. The third kappa shape index (κ3) is 4.63. The minimum Gasteiger partial charge on any atom is -0.282 e. The van der Waals surface area contributed by atoms with Crippen molar-refractivity contribution in [3.63, 3.8) is 0 Å². The van der Waals surface area contributed by atoms with E-state index >= 15 is 0 Å². The van der Waals surface area contributed by atoms with Crippen molar-refractivity contribution < 1.29 is 4.79 Å². The average Bonchev–Trinajstić information content (AvgIpc) is 1.89. The number of nitrogens with one attached hydrogen (secondary N) is 1. The van der Waals surface area contributed by atoms with Crippen molar-refractivity contribution in [3.8, 4) is 12.0 Å². The van der Waals surface area contributed by atoms with Gasteiger partial charge in [-0.1, -0.05) is 19.4 Å². The first-order valence-electron chi connectivity index (χ1n) is 2.71. The molecule has 1 N–H and O–H groups in total. The van der Waals surface area contributed by atoms with Crippen LogP contribution in [0.3, 0.4) is 0 Å². The second-order valence-electron chi connectivity index (χ2n) is 1.35. The lowest BCUT2D eigenvalue weighted by molar-refractivity contribution is -0.115. The Morgan fingerprint density at radius 3 is 3.00 bits per heavy atom. The highest BCUT2D eigenvalue weighted by molar-refractivity contribution is 5.88. The highest BCUT2D eigenvalue weighted by atomic mass is 16.1. The molecule has 2 nitrogen and oxygen atoms in total. The molecule has 0 aliphatic carbocycles. The van der Waals surface area contributed by atoms with E-state index in [2.05, 4.69) is 23.9 Å². The van der Waals surface area contributed by atoms with Crippen molar-refractivity contribution in [3.05, 3.63) is 12.7 Å². The summed E-state index contributed by atoms with van der Waals surface area (Å²) in [4.78, 5) is 10.4. The van der Waals surface area contributed by atoms with Gasteiger partial charge in [0.15, 0.2) is 0 Å². The van der Waals surface area contributed by atoms with Gasteiger partial charge in [-0.3, -0.25) is 10.1 Å². The average molecular weight is 123 g/mol. The van der Waals surface area contributed by atoms with E-state index in [4.69, 9.17) is 0 Å². The second-order valence-corrected chi connectivity index (χ2v) is 1.35. The number of carbonyl (C=O) groups is 1. The number of hydrogen-bond acceptors (Lipinski definition) is 1. The summed E-state index contributed by atoms with van der Waals surface area (Å²) in [7, 11) is 0. The molecule has 0 saturated carbocycles. The molecule has 0 aromatic heterocycles. The van der Waals surface area contributed by atoms with E-state index in [1.165, 1.54) is 6.08 Å².